The van der Waals surface area contributed by atoms with Gasteiger partial charge in [0.1, 0.15) is 0 Å². The number of hydrogen-bond acceptors (Lipinski definition) is 3. The normalized spacial score (nSPS) is 9.00. The van der Waals surface area contributed by atoms with Crippen LogP contribution in [-0.4, -0.2) is 33.2 Å². The Morgan fingerprint density at radius 1 is 0.923 bits per heavy atom. The van der Waals surface area contributed by atoms with E-state index in [1.165, 1.54) is 6.92 Å². The van der Waals surface area contributed by atoms with E-state index in [1.54, 1.807) is 0 Å². The Labute approximate surface area is 73.1 Å². The number of rotatable bonds is 4. The van der Waals surface area contributed by atoms with E-state index >= 15 is 0 Å². The fourth-order valence-electron chi connectivity index (χ4n) is 0.785. The molecule has 0 amide bonds. The summed E-state index contributed by atoms with van der Waals surface area (Å²) >= 11 is 0. The van der Waals surface area contributed by atoms with Crippen LogP contribution in [-0.2, 0) is 14.4 Å². The third kappa shape index (κ3) is 2.58. The van der Waals surface area contributed by atoms with Crippen LogP contribution in [0.25, 0.3) is 0 Å². The minimum absolute atomic E-state index is 0.150. The molecule has 0 fully saturated rings. The van der Waals surface area contributed by atoms with Crippen LogP contribution >= 0.6 is 0 Å². The summed E-state index contributed by atoms with van der Waals surface area (Å²) in [6.45, 7) is 1.37. The van der Waals surface area contributed by atoms with Gasteiger partial charge in [0.05, 0.1) is 5.57 Å². The molecule has 13 heavy (non-hydrogen) atoms. The van der Waals surface area contributed by atoms with Gasteiger partial charge in [-0.2, -0.15) is 0 Å². The molecular formula is C7H8O6. The van der Waals surface area contributed by atoms with E-state index in [4.69, 9.17) is 15.3 Å². The predicted octanol–water partition coefficient (Wildman–Crippen LogP) is -0.0532. The third-order valence-corrected chi connectivity index (χ3v) is 1.34. The van der Waals surface area contributed by atoms with Crippen molar-refractivity contribution in [2.75, 3.05) is 0 Å². The number of carbonyl (C=O) groups is 3. The average molecular weight is 188 g/mol. The fraction of sp³-hybridized carbons (Fsp3) is 0.286. The lowest BCUT2D eigenvalue weighted by molar-refractivity contribution is -0.142. The van der Waals surface area contributed by atoms with Crippen molar-refractivity contribution in [2.45, 2.75) is 13.3 Å². The molecule has 0 bridgehead atoms. The zero-order chi connectivity index (χ0) is 10.6. The topological polar surface area (TPSA) is 112 Å². The highest BCUT2D eigenvalue weighted by atomic mass is 16.4. The lowest BCUT2D eigenvalue weighted by Gasteiger charge is -2.01. The zero-order valence-corrected chi connectivity index (χ0v) is 6.77. The fourth-order valence-corrected chi connectivity index (χ4v) is 0.785. The summed E-state index contributed by atoms with van der Waals surface area (Å²) in [6, 6.07) is 0. The average Bonchev–Trinajstić information content (AvgIpc) is 1.97. The van der Waals surface area contributed by atoms with E-state index in [0.717, 1.165) is 0 Å². The van der Waals surface area contributed by atoms with Crippen molar-refractivity contribution in [2.24, 2.45) is 0 Å². The van der Waals surface area contributed by atoms with Crippen molar-refractivity contribution in [1.29, 1.82) is 0 Å². The van der Waals surface area contributed by atoms with Crippen molar-refractivity contribution in [3.05, 3.63) is 11.1 Å². The van der Waals surface area contributed by atoms with Gasteiger partial charge in [-0.15, -0.1) is 0 Å². The van der Waals surface area contributed by atoms with Gasteiger partial charge in [-0.25, -0.2) is 14.4 Å². The van der Waals surface area contributed by atoms with E-state index in [-0.39, 0.29) is 6.42 Å². The van der Waals surface area contributed by atoms with Crippen LogP contribution < -0.4 is 0 Å². The molecule has 6 nitrogen and oxygen atoms in total. The van der Waals surface area contributed by atoms with Crippen LogP contribution in [0.4, 0.5) is 0 Å². The first-order valence-electron chi connectivity index (χ1n) is 3.34. The maximum absolute atomic E-state index is 10.4. The maximum atomic E-state index is 10.4. The first-order chi connectivity index (χ1) is 5.91. The molecule has 0 aromatic carbocycles. The lowest BCUT2D eigenvalue weighted by atomic mass is 10.1. The van der Waals surface area contributed by atoms with Gasteiger partial charge in [0.25, 0.3) is 0 Å². The molecule has 0 saturated heterocycles. The van der Waals surface area contributed by atoms with Crippen molar-refractivity contribution < 1.29 is 29.7 Å². The maximum Gasteiger partial charge on any atom is 0.343 e. The molecule has 0 aliphatic carbocycles. The van der Waals surface area contributed by atoms with Gasteiger partial charge in [0.15, 0.2) is 5.57 Å². The Kier molecular flexibility index (Phi) is 3.64. The van der Waals surface area contributed by atoms with E-state index in [0.29, 0.717) is 0 Å². The van der Waals surface area contributed by atoms with Crippen molar-refractivity contribution in [3.63, 3.8) is 0 Å². The molecule has 0 aromatic rings. The van der Waals surface area contributed by atoms with Crippen molar-refractivity contribution in [1.82, 2.24) is 0 Å². The van der Waals surface area contributed by atoms with Crippen LogP contribution in [0.5, 0.6) is 0 Å². The SMILES string of the molecule is CCC(C(=O)O)=C(C(=O)O)C(=O)O. The molecule has 0 aliphatic heterocycles. The first kappa shape index (κ1) is 11.2. The van der Waals surface area contributed by atoms with Gasteiger partial charge >= 0.3 is 17.9 Å². The van der Waals surface area contributed by atoms with Gasteiger partial charge in [-0.1, -0.05) is 6.92 Å². The molecule has 72 valence electrons. The van der Waals surface area contributed by atoms with Crippen LogP contribution in [0.1, 0.15) is 13.3 Å². The molecular weight excluding hydrogens is 180 g/mol. The second-order valence-corrected chi connectivity index (χ2v) is 2.12. The predicted molar refractivity (Wildman–Crippen MR) is 40.2 cm³/mol. The van der Waals surface area contributed by atoms with Gasteiger partial charge < -0.3 is 15.3 Å². The second-order valence-electron chi connectivity index (χ2n) is 2.12. The zero-order valence-electron chi connectivity index (χ0n) is 6.77. The number of hydrogen-bond donors (Lipinski definition) is 3. The minimum atomic E-state index is -1.74. The molecule has 0 aliphatic rings. The summed E-state index contributed by atoms with van der Waals surface area (Å²) in [4.78, 5) is 31.1. The quantitative estimate of drug-likeness (QED) is 0.324. The minimum Gasteiger partial charge on any atom is -0.478 e. The lowest BCUT2D eigenvalue weighted by Crippen LogP contribution is -2.18. The Morgan fingerprint density at radius 3 is 1.38 bits per heavy atom. The Hall–Kier alpha value is -1.85. The van der Waals surface area contributed by atoms with E-state index in [9.17, 15) is 14.4 Å². The molecule has 0 aromatic heterocycles. The molecule has 0 saturated carbocycles. The number of aliphatic carboxylic acids is 3. The molecule has 0 heterocycles. The Balaban J connectivity index is 5.40. The van der Waals surface area contributed by atoms with Crippen LogP contribution in [0.15, 0.2) is 11.1 Å². The van der Waals surface area contributed by atoms with Gasteiger partial charge in [0.2, 0.25) is 0 Å². The molecule has 0 radical (unpaired) electrons. The van der Waals surface area contributed by atoms with E-state index in [1.807, 2.05) is 0 Å². The van der Waals surface area contributed by atoms with Gasteiger partial charge in [-0.05, 0) is 6.42 Å². The summed E-state index contributed by atoms with van der Waals surface area (Å²) in [5.41, 5.74) is -1.70. The summed E-state index contributed by atoms with van der Waals surface area (Å²) < 4.78 is 0. The monoisotopic (exact) mass is 188 g/mol. The van der Waals surface area contributed by atoms with E-state index < -0.39 is 29.1 Å². The highest BCUT2D eigenvalue weighted by molar-refractivity contribution is 6.17. The van der Waals surface area contributed by atoms with Crippen LogP contribution in [0.2, 0.25) is 0 Å². The molecule has 0 unspecified atom stereocenters. The first-order valence-corrected chi connectivity index (χ1v) is 3.34. The van der Waals surface area contributed by atoms with Crippen molar-refractivity contribution >= 4 is 17.9 Å². The standard InChI is InChI=1S/C7H8O6/c1-2-3(5(8)9)4(6(10)11)7(12)13/h2H2,1H3,(H,8,9)(H,10,11)(H,12,13). The summed E-state index contributed by atoms with van der Waals surface area (Å²) in [5.74, 6) is -5.01. The third-order valence-electron chi connectivity index (χ3n) is 1.34. The number of carboxylic acids is 3. The van der Waals surface area contributed by atoms with Crippen LogP contribution in [0, 0.1) is 0 Å². The Morgan fingerprint density at radius 2 is 1.31 bits per heavy atom. The highest BCUT2D eigenvalue weighted by Gasteiger charge is 2.24. The second kappa shape index (κ2) is 4.24. The van der Waals surface area contributed by atoms with Gasteiger partial charge in [0, 0.05) is 0 Å². The largest absolute Gasteiger partial charge is 0.478 e. The molecule has 0 spiro atoms. The summed E-state index contributed by atoms with van der Waals surface area (Å²) in [5, 5.41) is 25.2. The Bertz CT molecular complexity index is 271. The number of carboxylic acid groups (broad SMARTS) is 3. The molecule has 0 rings (SSSR count). The molecule has 0 atom stereocenters. The highest BCUT2D eigenvalue weighted by Crippen LogP contribution is 2.09. The summed E-state index contributed by atoms with van der Waals surface area (Å²) in [7, 11) is 0. The molecule has 3 N–H and O–H groups in total. The van der Waals surface area contributed by atoms with Gasteiger partial charge in [-0.3, -0.25) is 0 Å². The molecule has 6 heteroatoms. The van der Waals surface area contributed by atoms with Crippen molar-refractivity contribution in [3.8, 4) is 0 Å². The van der Waals surface area contributed by atoms with Crippen LogP contribution in [0.3, 0.4) is 0 Å². The van der Waals surface area contributed by atoms with E-state index in [2.05, 4.69) is 0 Å². The summed E-state index contributed by atoms with van der Waals surface area (Å²) in [6.07, 6.45) is -0.150. The smallest absolute Gasteiger partial charge is 0.343 e.